The van der Waals surface area contributed by atoms with Gasteiger partial charge >= 0.3 is 0 Å². The molecular formula is C10H28CuN2O8+2. The zero-order valence-electron chi connectivity index (χ0n) is 12.0. The Kier molecular flexibility index (Phi) is 33.0. The maximum Gasteiger partial charge on any atom is 0.216 e. The summed E-state index contributed by atoms with van der Waals surface area (Å²) in [5.41, 5.74) is 0. The fraction of sp³-hybridized carbons (Fsp3) is 0.800. The van der Waals surface area contributed by atoms with Crippen molar-refractivity contribution in [1.29, 1.82) is 0 Å². The van der Waals surface area contributed by atoms with E-state index in [-0.39, 0.29) is 52.7 Å². The molecule has 0 atom stereocenters. The fourth-order valence-corrected chi connectivity index (χ4v) is 0.755. The van der Waals surface area contributed by atoms with Crippen LogP contribution in [0.1, 0.15) is 26.7 Å². The van der Waals surface area contributed by atoms with Crippen molar-refractivity contribution >= 4 is 11.8 Å². The van der Waals surface area contributed by atoms with Gasteiger partial charge in [0.05, 0.1) is 0 Å². The van der Waals surface area contributed by atoms with Crippen LogP contribution in [0.25, 0.3) is 0 Å². The first-order valence-corrected chi connectivity index (χ1v) is 5.46. The zero-order chi connectivity index (χ0) is 14.6. The summed E-state index contributed by atoms with van der Waals surface area (Å²) in [5, 5.41) is 37.9. The smallest absolute Gasteiger partial charge is 0.216 e. The summed E-state index contributed by atoms with van der Waals surface area (Å²) in [5.74, 6) is -0.314. The predicted molar refractivity (Wildman–Crippen MR) is 72.8 cm³/mol. The van der Waals surface area contributed by atoms with Gasteiger partial charge in [-0.25, -0.2) is 0 Å². The summed E-state index contributed by atoms with van der Waals surface area (Å²) < 4.78 is 0. The van der Waals surface area contributed by atoms with Gasteiger partial charge in [0.25, 0.3) is 0 Å². The number of carbonyl (C=O) groups excluding carboxylic acids is 2. The Morgan fingerprint density at radius 1 is 0.810 bits per heavy atom. The van der Waals surface area contributed by atoms with E-state index in [0.717, 1.165) is 0 Å². The van der Waals surface area contributed by atoms with Crippen molar-refractivity contribution in [3.05, 3.63) is 0 Å². The van der Waals surface area contributed by atoms with E-state index in [2.05, 4.69) is 10.6 Å². The Bertz CT molecular complexity index is 217. The van der Waals surface area contributed by atoms with E-state index in [1.165, 1.54) is 13.8 Å². The Balaban J connectivity index is -0.0000000711. The normalized spacial score (nSPS) is 8.38. The average Bonchev–Trinajstić information content (AvgIpc) is 2.15. The molecule has 0 bridgehead atoms. The molecule has 11 heteroatoms. The van der Waals surface area contributed by atoms with Crippen molar-refractivity contribution in [3.63, 3.8) is 0 Å². The van der Waals surface area contributed by atoms with Crippen LogP contribution in [0.15, 0.2) is 0 Å². The maximum absolute atomic E-state index is 10.2. The number of aliphatic hydroxyl groups excluding tert-OH is 2. The molecular weight excluding hydrogens is 340 g/mol. The van der Waals surface area contributed by atoms with E-state index in [1.807, 2.05) is 0 Å². The van der Waals surface area contributed by atoms with Crippen LogP contribution in [-0.4, -0.2) is 57.9 Å². The SMILES string of the molecule is CC(=O)NCCC(O)O.CC(=O)NCCC(O)O.[Cu].[OH3+].[OH3+]. The molecule has 0 aliphatic carbocycles. The van der Waals surface area contributed by atoms with E-state index >= 15 is 0 Å². The Morgan fingerprint density at radius 3 is 1.19 bits per heavy atom. The number of carbonyl (C=O) groups is 2. The van der Waals surface area contributed by atoms with Crippen LogP contribution in [0.4, 0.5) is 0 Å². The second-order valence-electron chi connectivity index (χ2n) is 3.50. The van der Waals surface area contributed by atoms with Crippen LogP contribution in [0, 0.1) is 0 Å². The summed E-state index contributed by atoms with van der Waals surface area (Å²) >= 11 is 0. The van der Waals surface area contributed by atoms with Crippen LogP contribution < -0.4 is 10.6 Å². The van der Waals surface area contributed by atoms with Crippen molar-refractivity contribution in [3.8, 4) is 0 Å². The van der Waals surface area contributed by atoms with Crippen LogP contribution in [-0.2, 0) is 37.6 Å². The van der Waals surface area contributed by atoms with E-state index in [1.54, 1.807) is 0 Å². The Morgan fingerprint density at radius 2 is 1.05 bits per heavy atom. The van der Waals surface area contributed by atoms with Crippen LogP contribution in [0.2, 0.25) is 0 Å². The molecule has 0 rings (SSSR count). The van der Waals surface area contributed by atoms with Crippen LogP contribution >= 0.6 is 0 Å². The fourth-order valence-electron chi connectivity index (χ4n) is 0.755. The Labute approximate surface area is 133 Å². The van der Waals surface area contributed by atoms with Crippen molar-refractivity contribution in [2.45, 2.75) is 39.3 Å². The molecule has 0 aromatic heterocycles. The Hall–Kier alpha value is -0.781. The van der Waals surface area contributed by atoms with Crippen molar-refractivity contribution in [1.82, 2.24) is 10.6 Å². The number of hydrogen-bond acceptors (Lipinski definition) is 6. The number of amides is 2. The largest absolute Gasteiger partial charge is 0.457 e. The molecule has 0 aromatic rings. The van der Waals surface area contributed by atoms with Gasteiger partial charge < -0.3 is 42.0 Å². The molecule has 12 N–H and O–H groups in total. The van der Waals surface area contributed by atoms with E-state index in [9.17, 15) is 9.59 Å². The van der Waals surface area contributed by atoms with Crippen molar-refractivity contribution in [2.24, 2.45) is 0 Å². The topological polar surface area (TPSA) is 205 Å². The van der Waals surface area contributed by atoms with Crippen molar-refractivity contribution < 1.29 is 58.0 Å². The molecule has 0 aromatic carbocycles. The van der Waals surface area contributed by atoms with Gasteiger partial charge in [-0.1, -0.05) is 0 Å². The molecule has 0 spiro atoms. The molecule has 0 heterocycles. The predicted octanol–water partition coefficient (Wildman–Crippen LogP) is -4.20. The molecule has 0 unspecified atom stereocenters. The molecule has 10 nitrogen and oxygen atoms in total. The summed E-state index contributed by atoms with van der Waals surface area (Å²) in [6, 6.07) is 0. The molecule has 0 saturated carbocycles. The van der Waals surface area contributed by atoms with Gasteiger partial charge in [-0.3, -0.25) is 9.59 Å². The van der Waals surface area contributed by atoms with Gasteiger partial charge in [0.2, 0.25) is 11.8 Å². The third kappa shape index (κ3) is 45.3. The van der Waals surface area contributed by atoms with Gasteiger partial charge in [-0.2, -0.15) is 0 Å². The minimum Gasteiger partial charge on any atom is -0.457 e. The minimum atomic E-state index is -1.32. The number of nitrogens with one attached hydrogen (secondary N) is 2. The zero-order valence-corrected chi connectivity index (χ0v) is 13.0. The van der Waals surface area contributed by atoms with Crippen molar-refractivity contribution in [2.75, 3.05) is 13.1 Å². The summed E-state index contributed by atoms with van der Waals surface area (Å²) in [4.78, 5) is 20.3. The summed E-state index contributed by atoms with van der Waals surface area (Å²) in [7, 11) is 0. The average molecular weight is 368 g/mol. The van der Waals surface area contributed by atoms with Gasteiger partial charge in [-0.15, -0.1) is 0 Å². The van der Waals surface area contributed by atoms with Gasteiger partial charge in [-0.05, 0) is 0 Å². The third-order valence-electron chi connectivity index (χ3n) is 1.55. The minimum absolute atomic E-state index is 0. The summed E-state index contributed by atoms with van der Waals surface area (Å²) in [6.45, 7) is 3.38. The molecule has 0 aliphatic rings. The molecule has 0 fully saturated rings. The molecule has 1 radical (unpaired) electrons. The molecule has 21 heavy (non-hydrogen) atoms. The monoisotopic (exact) mass is 367 g/mol. The quantitative estimate of drug-likeness (QED) is 0.156. The third-order valence-corrected chi connectivity index (χ3v) is 1.55. The van der Waals surface area contributed by atoms with Gasteiger partial charge in [0, 0.05) is 56.8 Å². The number of hydrogen-bond donors (Lipinski definition) is 6. The van der Waals surface area contributed by atoms with E-state index < -0.39 is 12.6 Å². The molecule has 135 valence electrons. The van der Waals surface area contributed by atoms with E-state index in [0.29, 0.717) is 13.1 Å². The maximum atomic E-state index is 10.2. The van der Waals surface area contributed by atoms with Crippen LogP contribution in [0.5, 0.6) is 0 Å². The summed E-state index contributed by atoms with van der Waals surface area (Å²) in [6.07, 6.45) is -2.28. The van der Waals surface area contributed by atoms with Crippen LogP contribution in [0.3, 0.4) is 0 Å². The molecule has 0 aliphatic heterocycles. The number of aliphatic hydroxyl groups is 4. The van der Waals surface area contributed by atoms with E-state index in [4.69, 9.17) is 20.4 Å². The first-order chi connectivity index (χ1) is 8.25. The molecule has 0 saturated heterocycles. The standard InChI is InChI=1S/2C5H11NO3.Cu.2H2O/c2*1-4(7)6-3-2-5(8)9;;;/h2*5,8-9H,2-3H2,1H3,(H,6,7);;2*1H2/p+2. The number of rotatable bonds is 6. The van der Waals surface area contributed by atoms with Gasteiger partial charge in [0.15, 0.2) is 12.6 Å². The second-order valence-corrected chi connectivity index (χ2v) is 3.50. The first-order valence-electron chi connectivity index (χ1n) is 5.46. The second kappa shape index (κ2) is 21.5. The molecule has 2 amide bonds. The first kappa shape index (κ1) is 32.2. The van der Waals surface area contributed by atoms with Gasteiger partial charge in [0.1, 0.15) is 0 Å².